The van der Waals surface area contributed by atoms with E-state index in [4.69, 9.17) is 0 Å². The van der Waals surface area contributed by atoms with Gasteiger partial charge in [0, 0.05) is 16.7 Å². The highest BCUT2D eigenvalue weighted by Gasteiger charge is 2.21. The molecule has 0 aliphatic carbocycles. The minimum Gasteiger partial charge on any atom is -0.355 e. The van der Waals surface area contributed by atoms with Gasteiger partial charge in [-0.15, -0.1) is 0 Å². The van der Waals surface area contributed by atoms with E-state index in [1.807, 2.05) is 24.3 Å². The summed E-state index contributed by atoms with van der Waals surface area (Å²) in [5, 5.41) is 8.52. The predicted octanol–water partition coefficient (Wildman–Crippen LogP) is 1.26. The lowest BCUT2D eigenvalue weighted by atomic mass is 10.1. The largest absolute Gasteiger partial charge is 0.355 e. The van der Waals surface area contributed by atoms with Crippen LogP contribution in [0.15, 0.2) is 28.7 Å². The van der Waals surface area contributed by atoms with Crippen LogP contribution >= 0.6 is 15.9 Å². The van der Waals surface area contributed by atoms with Crippen molar-refractivity contribution in [2.24, 2.45) is 0 Å². The molecule has 0 saturated carbocycles. The Hall–Kier alpha value is -1.40. The normalized spacial score (nSPS) is 18.8. The van der Waals surface area contributed by atoms with Gasteiger partial charge in [0.05, 0.1) is 12.6 Å². The van der Waals surface area contributed by atoms with Crippen LogP contribution in [0, 0.1) is 0 Å². The molecule has 1 aromatic rings. The van der Waals surface area contributed by atoms with Crippen molar-refractivity contribution < 1.29 is 9.59 Å². The Morgan fingerprint density at radius 1 is 1.47 bits per heavy atom. The molecule has 1 heterocycles. The van der Waals surface area contributed by atoms with Crippen LogP contribution in [0.4, 0.5) is 5.69 Å². The van der Waals surface area contributed by atoms with E-state index in [-0.39, 0.29) is 24.4 Å². The molecule has 2 rings (SSSR count). The molecule has 2 amide bonds. The van der Waals surface area contributed by atoms with Gasteiger partial charge in [0.1, 0.15) is 0 Å². The van der Waals surface area contributed by atoms with Gasteiger partial charge in [-0.2, -0.15) is 0 Å². The van der Waals surface area contributed by atoms with Gasteiger partial charge >= 0.3 is 0 Å². The number of piperidine rings is 1. The summed E-state index contributed by atoms with van der Waals surface area (Å²) >= 11 is 3.34. The Morgan fingerprint density at radius 2 is 2.32 bits per heavy atom. The third-order valence-electron chi connectivity index (χ3n) is 2.90. The molecule has 1 aromatic carbocycles. The van der Waals surface area contributed by atoms with Crippen molar-refractivity contribution in [1.82, 2.24) is 10.6 Å². The molecule has 1 unspecified atom stereocenters. The number of carbonyl (C=O) groups excluding carboxylic acids is 2. The highest BCUT2D eigenvalue weighted by Crippen LogP contribution is 2.15. The van der Waals surface area contributed by atoms with Crippen molar-refractivity contribution in [3.05, 3.63) is 28.7 Å². The zero-order chi connectivity index (χ0) is 13.7. The second-order valence-electron chi connectivity index (χ2n) is 4.43. The molecular weight excluding hydrogens is 310 g/mol. The molecule has 0 bridgehead atoms. The smallest absolute Gasteiger partial charge is 0.238 e. The highest BCUT2D eigenvalue weighted by molar-refractivity contribution is 9.10. The molecule has 0 spiro atoms. The Morgan fingerprint density at radius 3 is 3.05 bits per heavy atom. The first-order chi connectivity index (χ1) is 9.15. The number of hydrogen-bond acceptors (Lipinski definition) is 3. The molecular formula is C13H16BrN3O2. The SMILES string of the molecule is O=C(CNC1CCCNC1=O)Nc1cccc(Br)c1. The average Bonchev–Trinajstić information content (AvgIpc) is 2.38. The van der Waals surface area contributed by atoms with Crippen LogP contribution in [0.2, 0.25) is 0 Å². The fourth-order valence-corrected chi connectivity index (χ4v) is 2.35. The Kier molecular flexibility index (Phi) is 4.93. The Bertz CT molecular complexity index is 479. The van der Waals surface area contributed by atoms with E-state index in [0.717, 1.165) is 29.5 Å². The van der Waals surface area contributed by atoms with Gasteiger partial charge in [-0.1, -0.05) is 22.0 Å². The van der Waals surface area contributed by atoms with Crippen LogP contribution in [0.25, 0.3) is 0 Å². The lowest BCUT2D eigenvalue weighted by Gasteiger charge is -2.22. The standard InChI is InChI=1S/C13H16BrN3O2/c14-9-3-1-4-10(7-9)17-12(18)8-16-11-5-2-6-15-13(11)19/h1,3-4,7,11,16H,2,5-6,8H2,(H,15,19)(H,17,18). The van der Waals surface area contributed by atoms with Crippen LogP contribution in [-0.4, -0.2) is 30.9 Å². The maximum Gasteiger partial charge on any atom is 0.238 e. The monoisotopic (exact) mass is 325 g/mol. The van der Waals surface area contributed by atoms with Gasteiger partial charge in [0.25, 0.3) is 0 Å². The fourth-order valence-electron chi connectivity index (χ4n) is 1.95. The van der Waals surface area contributed by atoms with Gasteiger partial charge in [0.15, 0.2) is 0 Å². The second kappa shape index (κ2) is 6.68. The number of benzene rings is 1. The van der Waals surface area contributed by atoms with Crippen molar-refractivity contribution in [2.45, 2.75) is 18.9 Å². The number of anilines is 1. The summed E-state index contributed by atoms with van der Waals surface area (Å²) in [5.41, 5.74) is 0.731. The molecule has 6 heteroatoms. The Balaban J connectivity index is 1.80. The van der Waals surface area contributed by atoms with E-state index >= 15 is 0 Å². The first-order valence-electron chi connectivity index (χ1n) is 6.21. The zero-order valence-electron chi connectivity index (χ0n) is 10.4. The van der Waals surface area contributed by atoms with E-state index < -0.39 is 0 Å². The lowest BCUT2D eigenvalue weighted by molar-refractivity contribution is -0.124. The molecule has 102 valence electrons. The maximum atomic E-state index is 11.8. The average molecular weight is 326 g/mol. The number of amides is 2. The summed E-state index contributed by atoms with van der Waals surface area (Å²) in [5.74, 6) is -0.182. The molecule has 5 nitrogen and oxygen atoms in total. The second-order valence-corrected chi connectivity index (χ2v) is 5.34. The summed E-state index contributed by atoms with van der Waals surface area (Å²) in [4.78, 5) is 23.3. The molecule has 1 aliphatic rings. The third kappa shape index (κ3) is 4.33. The molecule has 19 heavy (non-hydrogen) atoms. The highest BCUT2D eigenvalue weighted by atomic mass is 79.9. The van der Waals surface area contributed by atoms with Crippen LogP contribution in [0.1, 0.15) is 12.8 Å². The van der Waals surface area contributed by atoms with Gasteiger partial charge in [-0.25, -0.2) is 0 Å². The first kappa shape index (κ1) is 14.0. The zero-order valence-corrected chi connectivity index (χ0v) is 12.0. The minimum absolute atomic E-state index is 0.0264. The quantitative estimate of drug-likeness (QED) is 0.780. The van der Waals surface area contributed by atoms with Crippen molar-refractivity contribution in [3.8, 4) is 0 Å². The van der Waals surface area contributed by atoms with Crippen molar-refractivity contribution >= 4 is 33.4 Å². The molecule has 0 radical (unpaired) electrons. The van der Waals surface area contributed by atoms with Crippen molar-refractivity contribution in [3.63, 3.8) is 0 Å². The number of carbonyl (C=O) groups is 2. The molecule has 0 aromatic heterocycles. The summed E-state index contributed by atoms with van der Waals surface area (Å²) in [6.45, 7) is 0.853. The first-order valence-corrected chi connectivity index (χ1v) is 7.01. The summed E-state index contributed by atoms with van der Waals surface area (Å²) in [7, 11) is 0. The van der Waals surface area contributed by atoms with Crippen LogP contribution < -0.4 is 16.0 Å². The molecule has 1 fully saturated rings. The number of nitrogens with one attached hydrogen (secondary N) is 3. The van der Waals surface area contributed by atoms with Crippen molar-refractivity contribution in [1.29, 1.82) is 0 Å². The molecule has 1 saturated heterocycles. The van der Waals surface area contributed by atoms with Crippen LogP contribution in [0.5, 0.6) is 0 Å². The van der Waals surface area contributed by atoms with Crippen molar-refractivity contribution in [2.75, 3.05) is 18.4 Å². The predicted molar refractivity (Wildman–Crippen MR) is 76.8 cm³/mol. The van der Waals surface area contributed by atoms with E-state index in [1.165, 1.54) is 0 Å². The van der Waals surface area contributed by atoms with Crippen LogP contribution in [0.3, 0.4) is 0 Å². The minimum atomic E-state index is -0.262. The lowest BCUT2D eigenvalue weighted by Crippen LogP contribution is -2.50. The summed E-state index contributed by atoms with van der Waals surface area (Å²) in [6, 6.07) is 7.12. The van der Waals surface area contributed by atoms with E-state index in [1.54, 1.807) is 0 Å². The van der Waals surface area contributed by atoms with E-state index in [9.17, 15) is 9.59 Å². The van der Waals surface area contributed by atoms with Gasteiger partial charge in [0.2, 0.25) is 11.8 Å². The maximum absolute atomic E-state index is 11.8. The van der Waals surface area contributed by atoms with E-state index in [2.05, 4.69) is 31.9 Å². The third-order valence-corrected chi connectivity index (χ3v) is 3.40. The molecule has 1 atom stereocenters. The van der Waals surface area contributed by atoms with Crippen LogP contribution in [-0.2, 0) is 9.59 Å². The number of halogens is 1. The topological polar surface area (TPSA) is 70.2 Å². The van der Waals surface area contributed by atoms with E-state index in [0.29, 0.717) is 0 Å². The molecule has 3 N–H and O–H groups in total. The van der Waals surface area contributed by atoms with Gasteiger partial charge in [-0.3, -0.25) is 14.9 Å². The fraction of sp³-hybridized carbons (Fsp3) is 0.385. The number of hydrogen-bond donors (Lipinski definition) is 3. The molecule has 1 aliphatic heterocycles. The number of rotatable bonds is 4. The summed E-state index contributed by atoms with van der Waals surface area (Å²) in [6.07, 6.45) is 1.71. The van der Waals surface area contributed by atoms with Gasteiger partial charge in [-0.05, 0) is 31.0 Å². The summed E-state index contributed by atoms with van der Waals surface area (Å²) < 4.78 is 0.907. The van der Waals surface area contributed by atoms with Gasteiger partial charge < -0.3 is 10.6 Å². The Labute approximate surface area is 120 Å².